The molecule has 0 aromatic heterocycles. The van der Waals surface area contributed by atoms with Gasteiger partial charge in [0.2, 0.25) is 0 Å². The van der Waals surface area contributed by atoms with Crippen LogP contribution in [0.15, 0.2) is 5.10 Å². The maximum atomic E-state index is 5.44. The lowest BCUT2D eigenvalue weighted by Gasteiger charge is -2.05. The summed E-state index contributed by atoms with van der Waals surface area (Å²) in [4.78, 5) is 0. The molecule has 0 saturated heterocycles. The van der Waals surface area contributed by atoms with E-state index in [2.05, 4.69) is 5.10 Å². The molecule has 0 atom stereocenters. The van der Waals surface area contributed by atoms with Crippen molar-refractivity contribution in [2.75, 3.05) is 5.75 Å². The highest BCUT2D eigenvalue weighted by Gasteiger charge is 2.14. The lowest BCUT2D eigenvalue weighted by atomic mass is 10.1. The van der Waals surface area contributed by atoms with Crippen molar-refractivity contribution in [3.8, 4) is 0 Å². The Morgan fingerprint density at radius 3 is 2.64 bits per heavy atom. The number of hydrazone groups is 1. The van der Waals surface area contributed by atoms with Crippen molar-refractivity contribution in [3.63, 3.8) is 0 Å². The molecule has 1 fully saturated rings. The van der Waals surface area contributed by atoms with E-state index in [9.17, 15) is 0 Å². The largest absolute Gasteiger partial charge is 0.377 e. The number of hydrogen-bond donors (Lipinski definition) is 2. The molecule has 3 nitrogen and oxygen atoms in total. The van der Waals surface area contributed by atoms with Crippen molar-refractivity contribution in [3.05, 3.63) is 0 Å². The summed E-state index contributed by atoms with van der Waals surface area (Å²) in [6.07, 6.45) is 5.46. The zero-order chi connectivity index (χ0) is 8.10. The lowest BCUT2D eigenvalue weighted by molar-refractivity contribution is 0.624. The summed E-state index contributed by atoms with van der Waals surface area (Å²) in [6, 6.07) is 0. The molecule has 4 heteroatoms. The van der Waals surface area contributed by atoms with Crippen LogP contribution in [0.4, 0.5) is 0 Å². The second-order valence-corrected chi connectivity index (χ2v) is 3.97. The Balaban J connectivity index is 2.11. The van der Waals surface area contributed by atoms with Crippen LogP contribution in [0, 0.1) is 5.92 Å². The normalized spacial score (nSPS) is 20.9. The zero-order valence-electron chi connectivity index (χ0n) is 6.62. The summed E-state index contributed by atoms with van der Waals surface area (Å²) in [7, 11) is 0. The monoisotopic (exact) mass is 173 g/mol. The van der Waals surface area contributed by atoms with Crippen molar-refractivity contribution in [2.45, 2.75) is 25.7 Å². The van der Waals surface area contributed by atoms with Gasteiger partial charge in [-0.2, -0.15) is 5.10 Å². The minimum absolute atomic E-state index is 0.511. The van der Waals surface area contributed by atoms with Gasteiger partial charge in [-0.3, -0.25) is 0 Å². The van der Waals surface area contributed by atoms with Crippen LogP contribution in [0.1, 0.15) is 25.7 Å². The average molecular weight is 173 g/mol. The number of nitrogens with two attached hydrogens (primary N) is 2. The van der Waals surface area contributed by atoms with Gasteiger partial charge < -0.3 is 11.6 Å². The third-order valence-corrected chi connectivity index (χ3v) is 3.11. The van der Waals surface area contributed by atoms with Crippen molar-refractivity contribution >= 4 is 16.9 Å². The predicted molar refractivity (Wildman–Crippen MR) is 50.2 cm³/mol. The van der Waals surface area contributed by atoms with E-state index < -0.39 is 0 Å². The molecule has 0 aromatic carbocycles. The molecule has 0 aromatic rings. The van der Waals surface area contributed by atoms with Gasteiger partial charge in [-0.15, -0.1) is 0 Å². The van der Waals surface area contributed by atoms with E-state index >= 15 is 0 Å². The van der Waals surface area contributed by atoms with Gasteiger partial charge in [0.25, 0.3) is 0 Å². The fraction of sp³-hybridized carbons (Fsp3) is 0.857. The van der Waals surface area contributed by atoms with Gasteiger partial charge in [0, 0.05) is 5.75 Å². The number of hydrogen-bond acceptors (Lipinski definition) is 3. The molecule has 11 heavy (non-hydrogen) atoms. The Kier molecular flexibility index (Phi) is 3.56. The zero-order valence-corrected chi connectivity index (χ0v) is 7.44. The molecule has 0 heterocycles. The molecule has 1 aliphatic carbocycles. The molecule has 0 aliphatic heterocycles. The number of amidine groups is 1. The van der Waals surface area contributed by atoms with E-state index in [1.54, 1.807) is 11.8 Å². The summed E-state index contributed by atoms with van der Waals surface area (Å²) >= 11 is 1.58. The topological polar surface area (TPSA) is 64.4 Å². The molecule has 0 bridgehead atoms. The molecular formula is C7H15N3S. The molecule has 0 unspecified atom stereocenters. The maximum Gasteiger partial charge on any atom is 0.177 e. The Morgan fingerprint density at radius 1 is 1.45 bits per heavy atom. The highest BCUT2D eigenvalue weighted by Crippen LogP contribution is 2.27. The highest BCUT2D eigenvalue weighted by molar-refractivity contribution is 8.13. The van der Waals surface area contributed by atoms with E-state index in [4.69, 9.17) is 11.6 Å². The summed E-state index contributed by atoms with van der Waals surface area (Å²) < 4.78 is 0. The second kappa shape index (κ2) is 4.49. The van der Waals surface area contributed by atoms with Gasteiger partial charge in [0.05, 0.1) is 0 Å². The van der Waals surface area contributed by atoms with Crippen LogP contribution < -0.4 is 11.6 Å². The predicted octanol–water partition coefficient (Wildman–Crippen LogP) is 1.10. The van der Waals surface area contributed by atoms with E-state index in [0.717, 1.165) is 11.7 Å². The Hall–Kier alpha value is -0.380. The minimum Gasteiger partial charge on any atom is -0.377 e. The van der Waals surface area contributed by atoms with Crippen molar-refractivity contribution in [2.24, 2.45) is 22.6 Å². The van der Waals surface area contributed by atoms with Gasteiger partial charge >= 0.3 is 0 Å². The van der Waals surface area contributed by atoms with Gasteiger partial charge in [-0.25, -0.2) is 0 Å². The average Bonchev–Trinajstić information content (AvgIpc) is 2.52. The van der Waals surface area contributed by atoms with Gasteiger partial charge in [0.15, 0.2) is 5.17 Å². The SMILES string of the molecule is N/N=C(\N)SCC1CCCC1. The fourth-order valence-electron chi connectivity index (χ4n) is 1.42. The first-order valence-corrected chi connectivity index (χ1v) is 4.97. The number of rotatable bonds is 2. The van der Waals surface area contributed by atoms with Crippen LogP contribution in [-0.4, -0.2) is 10.9 Å². The quantitative estimate of drug-likeness (QED) is 0.284. The summed E-state index contributed by atoms with van der Waals surface area (Å²) in [5, 5.41) is 3.92. The van der Waals surface area contributed by atoms with Crippen LogP contribution >= 0.6 is 11.8 Å². The van der Waals surface area contributed by atoms with Crippen LogP contribution in [0.2, 0.25) is 0 Å². The van der Waals surface area contributed by atoms with Crippen LogP contribution in [-0.2, 0) is 0 Å². The first-order valence-electron chi connectivity index (χ1n) is 3.99. The first kappa shape index (κ1) is 8.71. The van der Waals surface area contributed by atoms with Gasteiger partial charge in [0.1, 0.15) is 0 Å². The Labute approximate surface area is 71.6 Å². The Morgan fingerprint density at radius 2 is 2.09 bits per heavy atom. The van der Waals surface area contributed by atoms with Crippen LogP contribution in [0.3, 0.4) is 0 Å². The third-order valence-electron chi connectivity index (χ3n) is 2.07. The van der Waals surface area contributed by atoms with Crippen LogP contribution in [0.25, 0.3) is 0 Å². The Bertz CT molecular complexity index is 141. The number of thioether (sulfide) groups is 1. The number of nitrogens with zero attached hydrogens (tertiary/aromatic N) is 1. The summed E-state index contributed by atoms with van der Waals surface area (Å²) in [5.74, 6) is 6.94. The smallest absolute Gasteiger partial charge is 0.177 e. The van der Waals surface area contributed by atoms with E-state index in [-0.39, 0.29) is 0 Å². The molecule has 4 N–H and O–H groups in total. The van der Waals surface area contributed by atoms with Crippen molar-refractivity contribution in [1.82, 2.24) is 0 Å². The fourth-order valence-corrected chi connectivity index (χ4v) is 2.23. The van der Waals surface area contributed by atoms with Gasteiger partial charge in [-0.05, 0) is 18.8 Å². The summed E-state index contributed by atoms with van der Waals surface area (Å²) in [5.41, 5.74) is 5.44. The molecule has 0 amide bonds. The molecule has 64 valence electrons. The molecule has 1 saturated carbocycles. The standard InChI is InChI=1S/C7H15N3S/c8-7(10-9)11-5-6-3-1-2-4-6/h6H,1-5,9H2,(H2,8,10). The first-order chi connectivity index (χ1) is 5.33. The minimum atomic E-state index is 0.511. The molecule has 0 spiro atoms. The van der Waals surface area contributed by atoms with E-state index in [1.165, 1.54) is 25.7 Å². The van der Waals surface area contributed by atoms with Gasteiger partial charge in [-0.1, -0.05) is 24.6 Å². The highest BCUT2D eigenvalue weighted by atomic mass is 32.2. The van der Waals surface area contributed by atoms with E-state index in [0.29, 0.717) is 5.17 Å². The molecular weight excluding hydrogens is 158 g/mol. The maximum absolute atomic E-state index is 5.44. The van der Waals surface area contributed by atoms with Crippen molar-refractivity contribution in [1.29, 1.82) is 0 Å². The second-order valence-electron chi connectivity index (χ2n) is 2.93. The molecule has 1 rings (SSSR count). The third kappa shape index (κ3) is 3.01. The van der Waals surface area contributed by atoms with E-state index in [1.807, 2.05) is 0 Å². The van der Waals surface area contributed by atoms with Crippen LogP contribution in [0.5, 0.6) is 0 Å². The summed E-state index contributed by atoms with van der Waals surface area (Å²) in [6.45, 7) is 0. The molecule has 0 radical (unpaired) electrons. The van der Waals surface area contributed by atoms with Crippen molar-refractivity contribution < 1.29 is 0 Å². The lowest BCUT2D eigenvalue weighted by Crippen LogP contribution is -2.12. The molecule has 1 aliphatic rings.